The van der Waals surface area contributed by atoms with Gasteiger partial charge in [-0.15, -0.1) is 0 Å². The molecule has 0 rings (SSSR count). The van der Waals surface area contributed by atoms with Crippen LogP contribution in [0.5, 0.6) is 0 Å². The molecule has 0 amide bonds. The minimum atomic E-state index is 0.221. The Morgan fingerprint density at radius 1 is 1.42 bits per heavy atom. The minimum absolute atomic E-state index is 0.221. The zero-order valence-electron chi connectivity index (χ0n) is 8.76. The second-order valence-corrected chi connectivity index (χ2v) is 5.21. The van der Waals surface area contributed by atoms with E-state index in [0.717, 1.165) is 16.8 Å². The summed E-state index contributed by atoms with van der Waals surface area (Å²) in [5.41, 5.74) is 0. The quantitative estimate of drug-likeness (QED) is 0.628. The SMILES string of the molecule is CC(=O)SCC[N+](C)(C)C(C)C. The highest BCUT2D eigenvalue weighted by molar-refractivity contribution is 8.13. The molecule has 0 bridgehead atoms. The molecule has 3 heteroatoms. The first kappa shape index (κ1) is 12.0. The van der Waals surface area contributed by atoms with Crippen molar-refractivity contribution in [1.29, 1.82) is 0 Å². The van der Waals surface area contributed by atoms with E-state index in [0.29, 0.717) is 6.04 Å². The molecular formula is C9H20NOS+. The van der Waals surface area contributed by atoms with Gasteiger partial charge in [0.2, 0.25) is 0 Å². The number of quaternary nitrogens is 1. The monoisotopic (exact) mass is 190 g/mol. The van der Waals surface area contributed by atoms with Gasteiger partial charge in [0, 0.05) is 6.92 Å². The van der Waals surface area contributed by atoms with Gasteiger partial charge < -0.3 is 4.48 Å². The van der Waals surface area contributed by atoms with Crippen molar-refractivity contribution in [2.24, 2.45) is 0 Å². The summed E-state index contributed by atoms with van der Waals surface area (Å²) in [5, 5.41) is 0.221. The Bertz CT molecular complexity index is 155. The fourth-order valence-corrected chi connectivity index (χ4v) is 1.53. The van der Waals surface area contributed by atoms with E-state index in [4.69, 9.17) is 0 Å². The molecule has 0 aromatic heterocycles. The first-order chi connectivity index (χ1) is 5.36. The number of thioether (sulfide) groups is 1. The Kier molecular flexibility index (Phi) is 4.87. The lowest BCUT2D eigenvalue weighted by atomic mass is 10.3. The number of hydrogen-bond donors (Lipinski definition) is 0. The molecular weight excluding hydrogens is 170 g/mol. The maximum absolute atomic E-state index is 10.7. The van der Waals surface area contributed by atoms with E-state index in [-0.39, 0.29) is 5.12 Å². The van der Waals surface area contributed by atoms with E-state index in [1.807, 2.05) is 0 Å². The van der Waals surface area contributed by atoms with Crippen molar-refractivity contribution < 1.29 is 9.28 Å². The normalized spacial score (nSPS) is 12.2. The summed E-state index contributed by atoms with van der Waals surface area (Å²) in [6.45, 7) is 7.10. The van der Waals surface area contributed by atoms with Gasteiger partial charge in [-0.05, 0) is 13.8 Å². The number of rotatable bonds is 4. The van der Waals surface area contributed by atoms with Gasteiger partial charge >= 0.3 is 0 Å². The van der Waals surface area contributed by atoms with Gasteiger partial charge in [0.15, 0.2) is 5.12 Å². The van der Waals surface area contributed by atoms with Crippen molar-refractivity contribution in [3.63, 3.8) is 0 Å². The highest BCUT2D eigenvalue weighted by Crippen LogP contribution is 2.09. The molecule has 0 aliphatic heterocycles. The fourth-order valence-electron chi connectivity index (χ4n) is 0.683. The van der Waals surface area contributed by atoms with Crippen LogP contribution in [0.2, 0.25) is 0 Å². The molecule has 12 heavy (non-hydrogen) atoms. The van der Waals surface area contributed by atoms with Crippen molar-refractivity contribution in [3.05, 3.63) is 0 Å². The molecule has 0 N–H and O–H groups in total. The molecule has 0 fully saturated rings. The summed E-state index contributed by atoms with van der Waals surface area (Å²) in [6, 6.07) is 0.623. The van der Waals surface area contributed by atoms with Gasteiger partial charge in [0.1, 0.15) is 0 Å². The van der Waals surface area contributed by atoms with Gasteiger partial charge in [-0.25, -0.2) is 0 Å². The van der Waals surface area contributed by atoms with Crippen LogP contribution in [0.4, 0.5) is 0 Å². The molecule has 0 aromatic carbocycles. The number of hydrogen-bond acceptors (Lipinski definition) is 2. The third-order valence-corrected chi connectivity index (χ3v) is 3.16. The van der Waals surface area contributed by atoms with Crippen LogP contribution in [-0.2, 0) is 4.79 Å². The first-order valence-corrected chi connectivity index (χ1v) is 5.31. The number of nitrogens with zero attached hydrogens (tertiary/aromatic N) is 1. The minimum Gasteiger partial charge on any atom is -0.326 e. The van der Waals surface area contributed by atoms with Gasteiger partial charge in [-0.2, -0.15) is 0 Å². The third-order valence-electron chi connectivity index (χ3n) is 2.37. The second-order valence-electron chi connectivity index (χ2n) is 3.94. The van der Waals surface area contributed by atoms with Gasteiger partial charge in [0.25, 0.3) is 0 Å². The van der Waals surface area contributed by atoms with Gasteiger partial charge in [-0.3, -0.25) is 4.79 Å². The van der Waals surface area contributed by atoms with Crippen LogP contribution in [0.3, 0.4) is 0 Å². The van der Waals surface area contributed by atoms with Crippen molar-refractivity contribution in [2.75, 3.05) is 26.4 Å². The topological polar surface area (TPSA) is 17.1 Å². The van der Waals surface area contributed by atoms with E-state index < -0.39 is 0 Å². The van der Waals surface area contributed by atoms with E-state index in [1.165, 1.54) is 11.8 Å². The van der Waals surface area contributed by atoms with E-state index in [9.17, 15) is 4.79 Å². The zero-order chi connectivity index (χ0) is 9.78. The molecule has 0 heterocycles. The van der Waals surface area contributed by atoms with Crippen molar-refractivity contribution in [1.82, 2.24) is 0 Å². The Labute approximate surface area is 79.9 Å². The summed E-state index contributed by atoms with van der Waals surface area (Å²) in [6.07, 6.45) is 0. The number of carbonyl (C=O) groups is 1. The van der Waals surface area contributed by atoms with E-state index in [1.54, 1.807) is 6.92 Å². The van der Waals surface area contributed by atoms with Crippen molar-refractivity contribution in [2.45, 2.75) is 26.8 Å². The first-order valence-electron chi connectivity index (χ1n) is 4.32. The average Bonchev–Trinajstić information content (AvgIpc) is 1.85. The summed E-state index contributed by atoms with van der Waals surface area (Å²) in [5.74, 6) is 0.931. The molecule has 0 radical (unpaired) electrons. The van der Waals surface area contributed by atoms with Crippen LogP contribution >= 0.6 is 11.8 Å². The zero-order valence-corrected chi connectivity index (χ0v) is 9.57. The molecule has 0 atom stereocenters. The van der Waals surface area contributed by atoms with Crippen molar-refractivity contribution >= 4 is 16.9 Å². The Morgan fingerprint density at radius 3 is 2.25 bits per heavy atom. The Morgan fingerprint density at radius 2 is 1.92 bits per heavy atom. The second kappa shape index (κ2) is 4.87. The molecule has 0 spiro atoms. The van der Waals surface area contributed by atoms with Crippen LogP contribution in [0.25, 0.3) is 0 Å². The predicted octanol–water partition coefficient (Wildman–Crippen LogP) is 1.75. The van der Waals surface area contributed by atoms with Crippen LogP contribution < -0.4 is 0 Å². The maximum atomic E-state index is 10.7. The summed E-state index contributed by atoms with van der Waals surface area (Å²) < 4.78 is 0.986. The standard InChI is InChI=1S/C9H20NOS/c1-8(2)10(4,5)6-7-12-9(3)11/h8H,6-7H2,1-5H3/q+1. The van der Waals surface area contributed by atoms with Crippen LogP contribution in [-0.4, -0.2) is 42.0 Å². The lowest BCUT2D eigenvalue weighted by Crippen LogP contribution is -2.47. The Balaban J connectivity index is 3.69. The molecule has 0 aliphatic carbocycles. The van der Waals surface area contributed by atoms with Crippen molar-refractivity contribution in [3.8, 4) is 0 Å². The third kappa shape index (κ3) is 4.78. The molecule has 72 valence electrons. The van der Waals surface area contributed by atoms with Crippen LogP contribution in [0, 0.1) is 0 Å². The molecule has 0 aliphatic rings. The van der Waals surface area contributed by atoms with E-state index >= 15 is 0 Å². The van der Waals surface area contributed by atoms with Crippen LogP contribution in [0.15, 0.2) is 0 Å². The molecule has 2 nitrogen and oxygen atoms in total. The highest BCUT2D eigenvalue weighted by atomic mass is 32.2. The number of carbonyl (C=O) groups excluding carboxylic acids is 1. The predicted molar refractivity (Wildman–Crippen MR) is 55.3 cm³/mol. The largest absolute Gasteiger partial charge is 0.326 e. The van der Waals surface area contributed by atoms with Gasteiger partial charge in [0.05, 0.1) is 32.4 Å². The lowest BCUT2D eigenvalue weighted by molar-refractivity contribution is -0.908. The lowest BCUT2D eigenvalue weighted by Gasteiger charge is -2.33. The fraction of sp³-hybridized carbons (Fsp3) is 0.889. The molecule has 0 saturated heterocycles. The van der Waals surface area contributed by atoms with E-state index in [2.05, 4.69) is 27.9 Å². The van der Waals surface area contributed by atoms with Crippen LogP contribution in [0.1, 0.15) is 20.8 Å². The maximum Gasteiger partial charge on any atom is 0.186 e. The molecule has 0 aromatic rings. The molecule has 0 unspecified atom stereocenters. The highest BCUT2D eigenvalue weighted by Gasteiger charge is 2.18. The van der Waals surface area contributed by atoms with Gasteiger partial charge in [-0.1, -0.05) is 11.8 Å². The Hall–Kier alpha value is -0.0200. The average molecular weight is 190 g/mol. The smallest absolute Gasteiger partial charge is 0.186 e. The molecule has 0 saturated carbocycles. The summed E-state index contributed by atoms with van der Waals surface area (Å²) in [7, 11) is 4.40. The summed E-state index contributed by atoms with van der Waals surface area (Å²) >= 11 is 1.42. The summed E-state index contributed by atoms with van der Waals surface area (Å²) in [4.78, 5) is 10.7.